The van der Waals surface area contributed by atoms with Crippen molar-refractivity contribution in [3.63, 3.8) is 0 Å². The normalized spacial score (nSPS) is 8.11. The number of nitrogens with one attached hydrogen (secondary N) is 4. The van der Waals surface area contributed by atoms with Gasteiger partial charge in [0.1, 0.15) is 28.9 Å². The standard InChI is InChI=1S/3C5H9NO.C5H9N.2C4H8O.CH4/c3*1-4(6)3-5(2)7;1-3-4-5(2)6;2*1-3-4(2)5;/h3*6H,3H2,1-2H3;3-4,6H,1-2H3;2*3H2,1-2H3;1H4/b;;;4-3+,6-5?;;;. The minimum absolute atomic E-state index is 0. The second-order valence-corrected chi connectivity index (χ2v) is 8.27. The van der Waals surface area contributed by atoms with Crippen LogP contribution < -0.4 is 0 Å². The fourth-order valence-electron chi connectivity index (χ4n) is 1.37. The third-order valence-corrected chi connectivity index (χ3v) is 2.95. The summed E-state index contributed by atoms with van der Waals surface area (Å²) >= 11 is 0. The van der Waals surface area contributed by atoms with E-state index in [0.29, 0.717) is 55.0 Å². The summed E-state index contributed by atoms with van der Waals surface area (Å²) in [6.45, 7) is 19.8. The van der Waals surface area contributed by atoms with E-state index in [9.17, 15) is 24.0 Å². The second-order valence-electron chi connectivity index (χ2n) is 8.27. The summed E-state index contributed by atoms with van der Waals surface area (Å²) in [6, 6.07) is 0. The van der Waals surface area contributed by atoms with Gasteiger partial charge in [0, 0.05) is 55.0 Å². The number of allylic oxidation sites excluding steroid dienone is 2. The van der Waals surface area contributed by atoms with Gasteiger partial charge in [-0.05, 0) is 75.3 Å². The molecule has 0 bridgehead atoms. The first kappa shape index (κ1) is 51.4. The van der Waals surface area contributed by atoms with Crippen LogP contribution in [-0.4, -0.2) is 51.8 Å². The maximum absolute atomic E-state index is 10.1. The summed E-state index contributed by atoms with van der Waals surface area (Å²) in [7, 11) is 0. The van der Waals surface area contributed by atoms with Gasteiger partial charge in [-0.2, -0.15) is 0 Å². The second kappa shape index (κ2) is 38.3. The number of Topliss-reactive ketones (excluding diaryl/α,β-unsaturated/α-hetero) is 5. The van der Waals surface area contributed by atoms with Crippen LogP contribution in [0.15, 0.2) is 12.2 Å². The van der Waals surface area contributed by atoms with Crippen molar-refractivity contribution in [2.24, 2.45) is 0 Å². The van der Waals surface area contributed by atoms with Crippen LogP contribution in [0.2, 0.25) is 0 Å². The van der Waals surface area contributed by atoms with Crippen LogP contribution in [0.1, 0.15) is 123 Å². The summed E-state index contributed by atoms with van der Waals surface area (Å²) in [4.78, 5) is 50.0. The molecule has 0 radical (unpaired) electrons. The molecule has 0 unspecified atom stereocenters. The van der Waals surface area contributed by atoms with Crippen LogP contribution in [0.25, 0.3) is 0 Å². The summed E-state index contributed by atoms with van der Waals surface area (Å²) in [5.41, 5.74) is 1.92. The van der Waals surface area contributed by atoms with Gasteiger partial charge in [-0.1, -0.05) is 27.4 Å². The molecule has 0 rings (SSSR count). The molecule has 0 saturated heterocycles. The van der Waals surface area contributed by atoms with Crippen molar-refractivity contribution in [2.45, 2.75) is 123 Å². The lowest BCUT2D eigenvalue weighted by molar-refractivity contribution is -0.117. The van der Waals surface area contributed by atoms with Gasteiger partial charge in [0.2, 0.25) is 0 Å². The van der Waals surface area contributed by atoms with Gasteiger partial charge in [-0.15, -0.1) is 0 Å². The molecule has 38 heavy (non-hydrogen) atoms. The molecule has 0 aromatic rings. The molecule has 0 fully saturated rings. The number of rotatable bonds is 9. The lowest BCUT2D eigenvalue weighted by atomic mass is 10.2. The summed E-state index contributed by atoms with van der Waals surface area (Å²) in [5, 5.41) is 27.2. The minimum atomic E-state index is 0. The van der Waals surface area contributed by atoms with Crippen molar-refractivity contribution in [1.82, 2.24) is 0 Å². The third-order valence-electron chi connectivity index (χ3n) is 2.95. The lowest BCUT2D eigenvalue weighted by Gasteiger charge is -1.85. The number of hydrogen-bond donors (Lipinski definition) is 4. The predicted molar refractivity (Wildman–Crippen MR) is 163 cm³/mol. The van der Waals surface area contributed by atoms with Crippen LogP contribution in [0, 0.1) is 21.6 Å². The smallest absolute Gasteiger partial charge is 0.135 e. The largest absolute Gasteiger partial charge is 0.310 e. The van der Waals surface area contributed by atoms with Gasteiger partial charge in [0.25, 0.3) is 0 Å². The van der Waals surface area contributed by atoms with Crippen LogP contribution in [0.4, 0.5) is 0 Å². The van der Waals surface area contributed by atoms with E-state index in [-0.39, 0.29) is 36.3 Å². The highest BCUT2D eigenvalue weighted by molar-refractivity contribution is 5.99. The Hall–Kier alpha value is -3.23. The summed E-state index contributed by atoms with van der Waals surface area (Å²) in [6.07, 6.45) is 5.85. The molecule has 4 N–H and O–H groups in total. The highest BCUT2D eigenvalue weighted by Gasteiger charge is 1.92. The first-order valence-electron chi connectivity index (χ1n) is 12.0. The lowest BCUT2D eigenvalue weighted by Crippen LogP contribution is -1.96. The molecule has 0 aliphatic heterocycles. The molecule has 0 atom stereocenters. The molecule has 0 amide bonds. The van der Waals surface area contributed by atoms with Gasteiger partial charge in [0.05, 0.1) is 0 Å². The predicted octanol–water partition coefficient (Wildman–Crippen LogP) is 7.22. The van der Waals surface area contributed by atoms with E-state index >= 15 is 0 Å². The van der Waals surface area contributed by atoms with Gasteiger partial charge in [-0.25, -0.2) is 0 Å². The van der Waals surface area contributed by atoms with Crippen LogP contribution in [0.5, 0.6) is 0 Å². The van der Waals surface area contributed by atoms with Crippen LogP contribution in [-0.2, 0) is 24.0 Å². The molecule has 0 aromatic heterocycles. The van der Waals surface area contributed by atoms with E-state index < -0.39 is 0 Å². The molecule has 0 saturated carbocycles. The zero-order valence-electron chi connectivity index (χ0n) is 25.2. The molecule has 0 aliphatic rings. The highest BCUT2D eigenvalue weighted by Crippen LogP contribution is 1.82. The molecular weight excluding hydrogens is 484 g/mol. The Labute approximate surface area is 232 Å². The molecule has 222 valence electrons. The molecule has 9 heteroatoms. The van der Waals surface area contributed by atoms with E-state index in [2.05, 4.69) is 0 Å². The van der Waals surface area contributed by atoms with E-state index in [0.717, 1.165) is 0 Å². The SMILES string of the molecule is C.C/C=C/C(C)=N.CC(=N)CC(C)=O.CC(=N)CC(C)=O.CC(=N)CC(C)=O.CCC(C)=O.CCC(C)=O. The summed E-state index contributed by atoms with van der Waals surface area (Å²) in [5.74, 6) is 0.697. The number of carbonyl (C=O) groups excluding carboxylic acids is 5. The number of ketones is 5. The summed E-state index contributed by atoms with van der Waals surface area (Å²) < 4.78 is 0. The molecule has 9 nitrogen and oxygen atoms in total. The fraction of sp³-hybridized carbons (Fsp3) is 0.621. The molecule has 0 aromatic carbocycles. The van der Waals surface area contributed by atoms with E-state index in [1.165, 1.54) is 20.8 Å². The van der Waals surface area contributed by atoms with Gasteiger partial charge in [-0.3, -0.25) is 14.4 Å². The minimum Gasteiger partial charge on any atom is -0.310 e. The van der Waals surface area contributed by atoms with E-state index in [1.54, 1.807) is 47.6 Å². The van der Waals surface area contributed by atoms with Crippen molar-refractivity contribution in [3.8, 4) is 0 Å². The third kappa shape index (κ3) is 133. The van der Waals surface area contributed by atoms with Crippen molar-refractivity contribution in [3.05, 3.63) is 12.2 Å². The van der Waals surface area contributed by atoms with E-state index in [4.69, 9.17) is 21.6 Å². The van der Waals surface area contributed by atoms with Crippen LogP contribution in [0.3, 0.4) is 0 Å². The van der Waals surface area contributed by atoms with Crippen molar-refractivity contribution >= 4 is 51.8 Å². The quantitative estimate of drug-likeness (QED) is 0.225. The molecule has 0 heterocycles. The first-order chi connectivity index (χ1) is 16.7. The molecular formula is C29H56N4O5. The molecule has 0 spiro atoms. The Morgan fingerprint density at radius 3 is 0.684 bits per heavy atom. The maximum atomic E-state index is 10.1. The molecule has 0 aliphatic carbocycles. The zero-order chi connectivity index (χ0) is 31.1. The first-order valence-corrected chi connectivity index (χ1v) is 12.0. The Kier molecular flexibility index (Phi) is 51.8. The Morgan fingerprint density at radius 2 is 0.684 bits per heavy atom. The van der Waals surface area contributed by atoms with Crippen molar-refractivity contribution in [2.75, 3.05) is 0 Å². The average molecular weight is 541 g/mol. The van der Waals surface area contributed by atoms with Crippen molar-refractivity contribution in [1.29, 1.82) is 21.6 Å². The maximum Gasteiger partial charge on any atom is 0.135 e. The van der Waals surface area contributed by atoms with Gasteiger partial charge < -0.3 is 31.2 Å². The van der Waals surface area contributed by atoms with E-state index in [1.807, 2.05) is 26.8 Å². The number of hydrogen-bond acceptors (Lipinski definition) is 9. The monoisotopic (exact) mass is 540 g/mol. The van der Waals surface area contributed by atoms with Gasteiger partial charge >= 0.3 is 0 Å². The average Bonchev–Trinajstić information content (AvgIpc) is 2.67. The van der Waals surface area contributed by atoms with Crippen molar-refractivity contribution < 1.29 is 24.0 Å². The van der Waals surface area contributed by atoms with Gasteiger partial charge in [0.15, 0.2) is 0 Å². The fourth-order valence-corrected chi connectivity index (χ4v) is 1.37. The highest BCUT2D eigenvalue weighted by atomic mass is 16.1. The number of carbonyl (C=O) groups is 5. The topological polar surface area (TPSA) is 181 Å². The Bertz CT molecular complexity index is 655. The van der Waals surface area contributed by atoms with Crippen LogP contribution >= 0.6 is 0 Å². The Morgan fingerprint density at radius 1 is 0.500 bits per heavy atom. The zero-order valence-corrected chi connectivity index (χ0v) is 25.2. The Balaban J connectivity index is -0.0000000607.